The molecule has 2 aromatic heterocycles. The molecule has 0 radical (unpaired) electrons. The number of methoxy groups -OCH3 is 1. The van der Waals surface area contributed by atoms with Gasteiger partial charge in [-0.15, -0.1) is 11.3 Å². The molecule has 0 atom stereocenters. The highest BCUT2D eigenvalue weighted by molar-refractivity contribution is 7.13. The Morgan fingerprint density at radius 1 is 1.14 bits per heavy atom. The number of ether oxygens (including phenoxy) is 1. The smallest absolute Gasteiger partial charge is 0.307 e. The average Bonchev–Trinajstić information content (AvgIpc) is 3.43. The number of oxazole rings is 1. The summed E-state index contributed by atoms with van der Waals surface area (Å²) in [6.07, 6.45) is 1.44. The highest BCUT2D eigenvalue weighted by atomic mass is 32.1. The van der Waals surface area contributed by atoms with E-state index in [4.69, 9.17) is 9.15 Å². The maximum Gasteiger partial charge on any atom is 0.307 e. The van der Waals surface area contributed by atoms with Gasteiger partial charge in [0, 0.05) is 16.5 Å². The minimum Gasteiger partial charge on any atom is -0.497 e. The minimum absolute atomic E-state index is 0.0602. The first-order valence-corrected chi connectivity index (χ1v) is 9.59. The van der Waals surface area contributed by atoms with Crippen LogP contribution in [0.5, 0.6) is 5.75 Å². The van der Waals surface area contributed by atoms with Crippen LogP contribution in [0.1, 0.15) is 16.4 Å². The van der Waals surface area contributed by atoms with Gasteiger partial charge in [-0.25, -0.2) is 14.4 Å². The molecule has 1 amide bonds. The summed E-state index contributed by atoms with van der Waals surface area (Å²) < 4.78 is 23.7. The summed E-state index contributed by atoms with van der Waals surface area (Å²) in [4.78, 5) is 20.8. The Bertz CT molecular complexity index is 1120. The van der Waals surface area contributed by atoms with Crippen molar-refractivity contribution in [1.82, 2.24) is 15.3 Å². The van der Waals surface area contributed by atoms with Crippen molar-refractivity contribution in [3.63, 3.8) is 0 Å². The van der Waals surface area contributed by atoms with Crippen molar-refractivity contribution in [1.29, 1.82) is 0 Å². The SMILES string of the molecule is COc1ccc(-c2nc(CNC(=O)c3ncc(-c4ccc(F)cc4)o3)cs2)cc1. The summed E-state index contributed by atoms with van der Waals surface area (Å²) in [6, 6.07) is 13.4. The Hall–Kier alpha value is -3.52. The zero-order chi connectivity index (χ0) is 20.2. The number of nitrogens with one attached hydrogen (secondary N) is 1. The zero-order valence-corrected chi connectivity index (χ0v) is 16.2. The van der Waals surface area contributed by atoms with Crippen molar-refractivity contribution in [3.05, 3.63) is 77.5 Å². The molecule has 4 aromatic rings. The summed E-state index contributed by atoms with van der Waals surface area (Å²) >= 11 is 1.49. The van der Waals surface area contributed by atoms with E-state index >= 15 is 0 Å². The first-order valence-electron chi connectivity index (χ1n) is 8.71. The molecule has 2 aromatic carbocycles. The molecule has 0 spiro atoms. The van der Waals surface area contributed by atoms with Crippen LogP contribution in [0.15, 0.2) is 64.5 Å². The fourth-order valence-corrected chi connectivity index (χ4v) is 3.45. The molecule has 0 aliphatic rings. The molecule has 0 bridgehead atoms. The molecule has 146 valence electrons. The fraction of sp³-hybridized carbons (Fsp3) is 0.0952. The van der Waals surface area contributed by atoms with Crippen LogP contribution in [0.25, 0.3) is 21.9 Å². The van der Waals surface area contributed by atoms with Gasteiger partial charge < -0.3 is 14.5 Å². The number of halogens is 1. The number of carbonyl (C=O) groups is 1. The Balaban J connectivity index is 1.38. The molecular formula is C21H16FN3O3S. The number of amides is 1. The number of aromatic nitrogens is 2. The van der Waals surface area contributed by atoms with Gasteiger partial charge in [0.1, 0.15) is 16.6 Å². The minimum atomic E-state index is -0.447. The maximum absolute atomic E-state index is 13.0. The fourth-order valence-electron chi connectivity index (χ4n) is 2.63. The predicted octanol–water partition coefficient (Wildman–Crippen LogP) is 4.54. The molecule has 8 heteroatoms. The van der Waals surface area contributed by atoms with E-state index in [1.165, 1.54) is 29.7 Å². The van der Waals surface area contributed by atoms with E-state index < -0.39 is 5.91 Å². The second kappa shape index (κ2) is 8.24. The molecule has 0 aliphatic carbocycles. The monoisotopic (exact) mass is 409 g/mol. The van der Waals surface area contributed by atoms with Crippen molar-refractivity contribution in [3.8, 4) is 27.6 Å². The van der Waals surface area contributed by atoms with Gasteiger partial charge in [0.05, 0.1) is 25.5 Å². The highest BCUT2D eigenvalue weighted by Crippen LogP contribution is 2.26. The first kappa shape index (κ1) is 18.8. The van der Waals surface area contributed by atoms with Gasteiger partial charge in [-0.1, -0.05) is 0 Å². The third-order valence-electron chi connectivity index (χ3n) is 4.15. The first-order chi connectivity index (χ1) is 14.1. The number of benzene rings is 2. The van der Waals surface area contributed by atoms with Crippen LogP contribution >= 0.6 is 11.3 Å². The molecule has 0 saturated heterocycles. The van der Waals surface area contributed by atoms with Crippen LogP contribution in [-0.2, 0) is 6.54 Å². The van der Waals surface area contributed by atoms with Crippen molar-refractivity contribution in [2.75, 3.05) is 7.11 Å². The highest BCUT2D eigenvalue weighted by Gasteiger charge is 2.15. The Morgan fingerprint density at radius 2 is 1.86 bits per heavy atom. The van der Waals surface area contributed by atoms with E-state index in [0.717, 1.165) is 22.0 Å². The number of carbonyl (C=O) groups excluding carboxylic acids is 1. The lowest BCUT2D eigenvalue weighted by molar-refractivity contribution is 0.0916. The van der Waals surface area contributed by atoms with Crippen molar-refractivity contribution >= 4 is 17.2 Å². The maximum atomic E-state index is 13.0. The quantitative estimate of drug-likeness (QED) is 0.506. The van der Waals surface area contributed by atoms with Gasteiger partial charge in [-0.2, -0.15) is 0 Å². The summed E-state index contributed by atoms with van der Waals surface area (Å²) in [7, 11) is 1.62. The van der Waals surface area contributed by atoms with E-state index in [-0.39, 0.29) is 18.3 Å². The molecule has 0 aliphatic heterocycles. The molecule has 0 saturated carbocycles. The molecular weight excluding hydrogens is 393 g/mol. The predicted molar refractivity (Wildman–Crippen MR) is 107 cm³/mol. The van der Waals surface area contributed by atoms with E-state index in [1.807, 2.05) is 29.6 Å². The summed E-state index contributed by atoms with van der Waals surface area (Å²) in [5, 5.41) is 5.48. The van der Waals surface area contributed by atoms with Crippen molar-refractivity contribution in [2.24, 2.45) is 0 Å². The molecule has 0 fully saturated rings. The summed E-state index contributed by atoms with van der Waals surface area (Å²) in [5.74, 6) is 0.324. The average molecular weight is 409 g/mol. The molecule has 2 heterocycles. The van der Waals surface area contributed by atoms with Crippen molar-refractivity contribution < 1.29 is 18.3 Å². The number of hydrogen-bond donors (Lipinski definition) is 1. The van der Waals surface area contributed by atoms with E-state index in [0.29, 0.717) is 11.3 Å². The number of rotatable bonds is 6. The van der Waals surface area contributed by atoms with Crippen LogP contribution in [-0.4, -0.2) is 23.0 Å². The van der Waals surface area contributed by atoms with Crippen LogP contribution < -0.4 is 10.1 Å². The zero-order valence-electron chi connectivity index (χ0n) is 15.4. The standard InChI is InChI=1S/C21H16FN3O3S/c1-27-17-8-4-14(5-9-17)21-25-16(12-29-21)10-23-19(26)20-24-11-18(28-20)13-2-6-15(22)7-3-13/h2-9,11-12H,10H2,1H3,(H,23,26). The van der Waals surface area contributed by atoms with Crippen LogP contribution in [0.3, 0.4) is 0 Å². The summed E-state index contributed by atoms with van der Waals surface area (Å²) in [6.45, 7) is 0.250. The molecule has 1 N–H and O–H groups in total. The van der Waals surface area contributed by atoms with Crippen LogP contribution in [0.2, 0.25) is 0 Å². The van der Waals surface area contributed by atoms with E-state index in [9.17, 15) is 9.18 Å². The van der Waals surface area contributed by atoms with Gasteiger partial charge >= 0.3 is 5.91 Å². The second-order valence-electron chi connectivity index (χ2n) is 6.09. The van der Waals surface area contributed by atoms with Gasteiger partial charge in [-0.05, 0) is 48.5 Å². The molecule has 29 heavy (non-hydrogen) atoms. The lowest BCUT2D eigenvalue weighted by Crippen LogP contribution is -2.23. The lowest BCUT2D eigenvalue weighted by atomic mass is 10.2. The topological polar surface area (TPSA) is 77.2 Å². The molecule has 0 unspecified atom stereocenters. The normalized spacial score (nSPS) is 10.7. The van der Waals surface area contributed by atoms with E-state index in [1.54, 1.807) is 19.2 Å². The summed E-state index contributed by atoms with van der Waals surface area (Å²) in [5.41, 5.74) is 2.35. The molecule has 4 rings (SSSR count). The Morgan fingerprint density at radius 3 is 2.59 bits per heavy atom. The Labute approximate surface area is 170 Å². The molecule has 6 nitrogen and oxygen atoms in total. The van der Waals surface area contributed by atoms with Crippen molar-refractivity contribution in [2.45, 2.75) is 6.54 Å². The van der Waals surface area contributed by atoms with Crippen LogP contribution in [0, 0.1) is 5.82 Å². The largest absolute Gasteiger partial charge is 0.497 e. The number of hydrogen-bond acceptors (Lipinski definition) is 6. The van der Waals surface area contributed by atoms with Crippen LogP contribution in [0.4, 0.5) is 4.39 Å². The van der Waals surface area contributed by atoms with Gasteiger partial charge in [0.25, 0.3) is 5.89 Å². The lowest BCUT2D eigenvalue weighted by Gasteiger charge is -2.01. The second-order valence-corrected chi connectivity index (χ2v) is 6.95. The van der Waals surface area contributed by atoms with Gasteiger partial charge in [-0.3, -0.25) is 4.79 Å². The third kappa shape index (κ3) is 4.33. The van der Waals surface area contributed by atoms with E-state index in [2.05, 4.69) is 15.3 Å². The Kier molecular flexibility index (Phi) is 5.35. The van der Waals surface area contributed by atoms with Gasteiger partial charge in [0.2, 0.25) is 0 Å². The van der Waals surface area contributed by atoms with Gasteiger partial charge in [0.15, 0.2) is 5.76 Å². The number of nitrogens with zero attached hydrogens (tertiary/aromatic N) is 2. The third-order valence-corrected chi connectivity index (χ3v) is 5.09. The number of thiazole rings is 1.